The molecule has 0 aliphatic carbocycles. The Morgan fingerprint density at radius 2 is 2.00 bits per heavy atom. The zero-order chi connectivity index (χ0) is 15.2. The number of unbranched alkanes of at least 4 members (excludes halogenated alkanes) is 1. The third-order valence-corrected chi connectivity index (χ3v) is 4.11. The van der Waals surface area contributed by atoms with Gasteiger partial charge in [-0.1, -0.05) is 19.4 Å². The predicted molar refractivity (Wildman–Crippen MR) is 80.9 cm³/mol. The molecular formula is C15H19NO4S. The van der Waals surface area contributed by atoms with Crippen LogP contribution in [0.15, 0.2) is 23.3 Å². The zero-order valence-electron chi connectivity index (χ0n) is 12.0. The molecule has 1 aromatic rings. The van der Waals surface area contributed by atoms with Crippen LogP contribution < -0.4 is 0 Å². The maximum atomic E-state index is 12.2. The summed E-state index contributed by atoms with van der Waals surface area (Å²) in [6.07, 6.45) is 2.66. The van der Waals surface area contributed by atoms with E-state index in [1.54, 1.807) is 17.5 Å². The first-order chi connectivity index (χ1) is 10.2. The molecule has 1 N–H and O–H groups in total. The first-order valence-electron chi connectivity index (χ1n) is 7.07. The summed E-state index contributed by atoms with van der Waals surface area (Å²) in [5, 5.41) is 11.7. The van der Waals surface area contributed by atoms with Gasteiger partial charge in [-0.05, 0) is 24.3 Å². The zero-order valence-corrected chi connectivity index (χ0v) is 12.8. The third kappa shape index (κ3) is 3.51. The van der Waals surface area contributed by atoms with E-state index < -0.39 is 17.6 Å². The van der Waals surface area contributed by atoms with E-state index in [2.05, 4.69) is 6.92 Å². The van der Waals surface area contributed by atoms with Crippen molar-refractivity contribution in [1.82, 2.24) is 4.90 Å². The fourth-order valence-electron chi connectivity index (χ4n) is 2.08. The Kier molecular flexibility index (Phi) is 5.52. The second kappa shape index (κ2) is 7.38. The minimum absolute atomic E-state index is 0.113. The quantitative estimate of drug-likeness (QED) is 0.592. The van der Waals surface area contributed by atoms with Gasteiger partial charge in [0.2, 0.25) is 0 Å². The van der Waals surface area contributed by atoms with Crippen molar-refractivity contribution in [1.29, 1.82) is 0 Å². The molecule has 2 amide bonds. The average Bonchev–Trinajstić information content (AvgIpc) is 3.05. The van der Waals surface area contributed by atoms with E-state index in [0.29, 0.717) is 24.5 Å². The summed E-state index contributed by atoms with van der Waals surface area (Å²) in [5.74, 6) is -1.49. The number of carbonyl (C=O) groups excluding carboxylic acids is 2. The molecule has 0 bridgehead atoms. The van der Waals surface area contributed by atoms with Gasteiger partial charge in [-0.2, -0.15) is 0 Å². The van der Waals surface area contributed by atoms with Crippen molar-refractivity contribution in [3.63, 3.8) is 0 Å². The topological polar surface area (TPSA) is 66.8 Å². The van der Waals surface area contributed by atoms with Gasteiger partial charge in [0.25, 0.3) is 11.8 Å². The molecule has 2 rings (SSSR count). The van der Waals surface area contributed by atoms with E-state index in [4.69, 9.17) is 4.74 Å². The van der Waals surface area contributed by atoms with Gasteiger partial charge in [0, 0.05) is 24.6 Å². The number of aliphatic hydroxyl groups excluding tert-OH is 1. The second-order valence-corrected chi connectivity index (χ2v) is 5.73. The largest absolute Gasteiger partial charge is 0.502 e. The van der Waals surface area contributed by atoms with Gasteiger partial charge in [0.05, 0.1) is 0 Å². The average molecular weight is 309 g/mol. The summed E-state index contributed by atoms with van der Waals surface area (Å²) in [7, 11) is 0. The molecule has 0 saturated heterocycles. The summed E-state index contributed by atoms with van der Waals surface area (Å²) in [6.45, 7) is 3.56. The van der Waals surface area contributed by atoms with Crippen molar-refractivity contribution >= 4 is 28.7 Å². The minimum Gasteiger partial charge on any atom is -0.502 e. The number of ether oxygens (including phenoxy) is 1. The van der Waals surface area contributed by atoms with Crippen molar-refractivity contribution in [2.24, 2.45) is 0 Å². The standard InChI is InChI=1S/C15H19NO4S/c1-2-3-8-20-9-5-7-16-14(18)12(13(17)15(16)19)11-6-4-10-21-11/h4,6,10,17H,2-3,5,7-9H2,1H3. The molecule has 0 saturated carbocycles. The SMILES string of the molecule is CCCCOCCCN1C(=O)C(O)=C(c2cccs2)C1=O. The van der Waals surface area contributed by atoms with E-state index in [9.17, 15) is 14.7 Å². The van der Waals surface area contributed by atoms with E-state index >= 15 is 0 Å². The molecule has 1 aliphatic rings. The van der Waals surface area contributed by atoms with E-state index in [0.717, 1.165) is 17.7 Å². The van der Waals surface area contributed by atoms with Gasteiger partial charge in [-0.3, -0.25) is 14.5 Å². The van der Waals surface area contributed by atoms with Gasteiger partial charge < -0.3 is 9.84 Å². The number of nitrogens with zero attached hydrogens (tertiary/aromatic N) is 1. The molecule has 6 heteroatoms. The van der Waals surface area contributed by atoms with E-state index in [-0.39, 0.29) is 12.1 Å². The van der Waals surface area contributed by atoms with Gasteiger partial charge >= 0.3 is 0 Å². The van der Waals surface area contributed by atoms with Crippen molar-refractivity contribution in [3.05, 3.63) is 28.1 Å². The molecule has 0 fully saturated rings. The van der Waals surface area contributed by atoms with Crippen LogP contribution in [0.25, 0.3) is 5.57 Å². The second-order valence-electron chi connectivity index (χ2n) is 4.78. The fraction of sp³-hybridized carbons (Fsp3) is 0.467. The van der Waals surface area contributed by atoms with Crippen LogP contribution in [0.4, 0.5) is 0 Å². The minimum atomic E-state index is -0.614. The number of imide groups is 1. The van der Waals surface area contributed by atoms with Gasteiger partial charge in [0.1, 0.15) is 5.57 Å². The number of carbonyl (C=O) groups is 2. The highest BCUT2D eigenvalue weighted by Crippen LogP contribution is 2.30. The van der Waals surface area contributed by atoms with Gasteiger partial charge in [-0.25, -0.2) is 0 Å². The van der Waals surface area contributed by atoms with E-state index in [1.807, 2.05) is 0 Å². The first kappa shape index (κ1) is 15.7. The molecule has 0 spiro atoms. The van der Waals surface area contributed by atoms with Crippen LogP contribution in [-0.4, -0.2) is 41.6 Å². The molecule has 1 aromatic heterocycles. The van der Waals surface area contributed by atoms with Crippen molar-refractivity contribution in [2.75, 3.05) is 19.8 Å². The maximum Gasteiger partial charge on any atom is 0.296 e. The third-order valence-electron chi connectivity index (χ3n) is 3.22. The van der Waals surface area contributed by atoms with Crippen LogP contribution in [0.3, 0.4) is 0 Å². The Hall–Kier alpha value is -1.66. The Morgan fingerprint density at radius 3 is 2.67 bits per heavy atom. The van der Waals surface area contributed by atoms with Gasteiger partial charge in [0.15, 0.2) is 5.76 Å². The van der Waals surface area contributed by atoms with Crippen molar-refractivity contribution in [3.8, 4) is 0 Å². The first-order valence-corrected chi connectivity index (χ1v) is 7.95. The normalized spacial score (nSPS) is 15.4. The summed E-state index contributed by atoms with van der Waals surface area (Å²) in [6, 6.07) is 3.50. The lowest BCUT2D eigenvalue weighted by atomic mass is 10.2. The highest BCUT2D eigenvalue weighted by molar-refractivity contribution is 7.11. The van der Waals surface area contributed by atoms with Crippen LogP contribution in [0, 0.1) is 0 Å². The number of amides is 2. The fourth-order valence-corrected chi connectivity index (χ4v) is 2.85. The Balaban J connectivity index is 1.90. The predicted octanol–water partition coefficient (Wildman–Crippen LogP) is 2.59. The molecule has 5 nitrogen and oxygen atoms in total. The number of rotatable bonds is 8. The molecule has 1 aliphatic heterocycles. The molecule has 21 heavy (non-hydrogen) atoms. The van der Waals surface area contributed by atoms with E-state index in [1.165, 1.54) is 11.3 Å². The van der Waals surface area contributed by atoms with Crippen molar-refractivity contribution in [2.45, 2.75) is 26.2 Å². The number of hydrogen-bond acceptors (Lipinski definition) is 5. The number of aliphatic hydroxyl groups is 1. The van der Waals surface area contributed by atoms with Gasteiger partial charge in [-0.15, -0.1) is 11.3 Å². The summed E-state index contributed by atoms with van der Waals surface area (Å²) in [4.78, 5) is 25.9. The molecule has 2 heterocycles. The lowest BCUT2D eigenvalue weighted by Gasteiger charge is -2.14. The lowest BCUT2D eigenvalue weighted by molar-refractivity contribution is -0.138. The number of thiophene rings is 1. The lowest BCUT2D eigenvalue weighted by Crippen LogP contribution is -2.33. The molecule has 0 atom stereocenters. The smallest absolute Gasteiger partial charge is 0.296 e. The molecule has 0 aromatic carbocycles. The highest BCUT2D eigenvalue weighted by atomic mass is 32.1. The Bertz CT molecular complexity index is 536. The van der Waals surface area contributed by atoms with Crippen LogP contribution in [-0.2, 0) is 14.3 Å². The van der Waals surface area contributed by atoms with Crippen LogP contribution in [0.1, 0.15) is 31.1 Å². The van der Waals surface area contributed by atoms with Crippen LogP contribution in [0.5, 0.6) is 0 Å². The van der Waals surface area contributed by atoms with Crippen molar-refractivity contribution < 1.29 is 19.4 Å². The summed E-state index contributed by atoms with van der Waals surface area (Å²) < 4.78 is 5.41. The Labute approximate surface area is 127 Å². The summed E-state index contributed by atoms with van der Waals surface area (Å²) >= 11 is 1.33. The molecule has 0 unspecified atom stereocenters. The maximum absolute atomic E-state index is 12.2. The molecule has 114 valence electrons. The Morgan fingerprint density at radius 1 is 1.24 bits per heavy atom. The highest BCUT2D eigenvalue weighted by Gasteiger charge is 2.39. The summed E-state index contributed by atoms with van der Waals surface area (Å²) in [5.41, 5.74) is 0.113. The monoisotopic (exact) mass is 309 g/mol. The van der Waals surface area contributed by atoms with Crippen LogP contribution >= 0.6 is 11.3 Å². The number of hydrogen-bond donors (Lipinski definition) is 1. The van der Waals surface area contributed by atoms with Crippen LogP contribution in [0.2, 0.25) is 0 Å². The molecular weight excluding hydrogens is 290 g/mol. The molecule has 0 radical (unpaired) electrons.